The van der Waals surface area contributed by atoms with E-state index in [2.05, 4.69) is 4.72 Å². The van der Waals surface area contributed by atoms with Crippen molar-refractivity contribution in [2.45, 2.75) is 31.2 Å². The SMILES string of the molecule is CC[C@H](NS(=O)(=O)c1ccc(F)c(C)c1)c1ccc(OC)cc1. The van der Waals surface area contributed by atoms with Crippen molar-refractivity contribution in [3.05, 3.63) is 59.4 Å². The largest absolute Gasteiger partial charge is 0.497 e. The molecule has 23 heavy (non-hydrogen) atoms. The van der Waals surface area contributed by atoms with Crippen LogP contribution in [0, 0.1) is 12.7 Å². The number of hydrogen-bond donors (Lipinski definition) is 1. The summed E-state index contributed by atoms with van der Waals surface area (Å²) in [6.07, 6.45) is 0.589. The van der Waals surface area contributed by atoms with Gasteiger partial charge in [0.2, 0.25) is 10.0 Å². The van der Waals surface area contributed by atoms with E-state index in [9.17, 15) is 12.8 Å². The summed E-state index contributed by atoms with van der Waals surface area (Å²) in [6, 6.07) is 10.6. The van der Waals surface area contributed by atoms with Crippen LogP contribution in [0.2, 0.25) is 0 Å². The highest BCUT2D eigenvalue weighted by Gasteiger charge is 2.21. The van der Waals surface area contributed by atoms with Crippen molar-refractivity contribution in [1.29, 1.82) is 0 Å². The van der Waals surface area contributed by atoms with E-state index in [1.165, 1.54) is 19.1 Å². The molecule has 2 aromatic rings. The van der Waals surface area contributed by atoms with Gasteiger partial charge in [0.25, 0.3) is 0 Å². The number of ether oxygens (including phenoxy) is 1. The van der Waals surface area contributed by atoms with Crippen LogP contribution >= 0.6 is 0 Å². The summed E-state index contributed by atoms with van der Waals surface area (Å²) >= 11 is 0. The fourth-order valence-electron chi connectivity index (χ4n) is 2.26. The van der Waals surface area contributed by atoms with Crippen LogP contribution in [0.25, 0.3) is 0 Å². The smallest absolute Gasteiger partial charge is 0.241 e. The molecular weight excluding hydrogens is 317 g/mol. The highest BCUT2D eigenvalue weighted by Crippen LogP contribution is 2.23. The van der Waals surface area contributed by atoms with Crippen LogP contribution in [0.1, 0.15) is 30.5 Å². The molecule has 0 spiro atoms. The maximum Gasteiger partial charge on any atom is 0.241 e. The molecule has 2 aromatic carbocycles. The lowest BCUT2D eigenvalue weighted by Crippen LogP contribution is -2.28. The minimum atomic E-state index is -3.72. The average molecular weight is 337 g/mol. The van der Waals surface area contributed by atoms with Crippen molar-refractivity contribution >= 4 is 10.0 Å². The Morgan fingerprint density at radius 2 is 1.83 bits per heavy atom. The summed E-state index contributed by atoms with van der Waals surface area (Å²) in [4.78, 5) is 0.0587. The lowest BCUT2D eigenvalue weighted by atomic mass is 10.1. The first-order valence-electron chi connectivity index (χ1n) is 7.30. The van der Waals surface area contributed by atoms with E-state index >= 15 is 0 Å². The van der Waals surface area contributed by atoms with E-state index in [4.69, 9.17) is 4.74 Å². The summed E-state index contributed by atoms with van der Waals surface area (Å²) in [6.45, 7) is 3.43. The Kier molecular flexibility index (Phi) is 5.38. The molecular formula is C17H20FNO3S. The number of rotatable bonds is 6. The van der Waals surface area contributed by atoms with Crippen LogP contribution in [0.4, 0.5) is 4.39 Å². The molecule has 6 heteroatoms. The topological polar surface area (TPSA) is 55.4 Å². The van der Waals surface area contributed by atoms with Gasteiger partial charge < -0.3 is 4.74 Å². The van der Waals surface area contributed by atoms with Gasteiger partial charge in [-0.3, -0.25) is 0 Å². The summed E-state index contributed by atoms with van der Waals surface area (Å²) in [7, 11) is -2.15. The number of benzene rings is 2. The van der Waals surface area contributed by atoms with Crippen molar-refractivity contribution in [3.8, 4) is 5.75 Å². The zero-order valence-corrected chi connectivity index (χ0v) is 14.2. The second kappa shape index (κ2) is 7.10. The van der Waals surface area contributed by atoms with Gasteiger partial charge >= 0.3 is 0 Å². The summed E-state index contributed by atoms with van der Waals surface area (Å²) in [5, 5.41) is 0. The molecule has 0 aliphatic carbocycles. The van der Waals surface area contributed by atoms with Gasteiger partial charge in [-0.1, -0.05) is 19.1 Å². The van der Waals surface area contributed by atoms with Crippen molar-refractivity contribution < 1.29 is 17.5 Å². The fourth-order valence-corrected chi connectivity index (χ4v) is 3.66. The molecule has 1 N–H and O–H groups in total. The van der Waals surface area contributed by atoms with E-state index in [0.29, 0.717) is 17.7 Å². The van der Waals surface area contributed by atoms with Crippen LogP contribution in [0.5, 0.6) is 5.75 Å². The zero-order valence-electron chi connectivity index (χ0n) is 13.3. The Labute approximate surface area is 136 Å². The standard InChI is InChI=1S/C17H20FNO3S/c1-4-17(13-5-7-14(22-3)8-6-13)19-23(20,21)15-9-10-16(18)12(2)11-15/h5-11,17,19H,4H2,1-3H3/t17-/m0/s1. The molecule has 0 heterocycles. The third-order valence-electron chi connectivity index (χ3n) is 3.66. The van der Waals surface area contributed by atoms with Gasteiger partial charge in [-0.25, -0.2) is 17.5 Å². The quantitative estimate of drug-likeness (QED) is 0.877. The highest BCUT2D eigenvalue weighted by atomic mass is 32.2. The van der Waals surface area contributed by atoms with Gasteiger partial charge in [0, 0.05) is 6.04 Å². The highest BCUT2D eigenvalue weighted by molar-refractivity contribution is 7.89. The van der Waals surface area contributed by atoms with Gasteiger partial charge in [-0.05, 0) is 54.8 Å². The third kappa shape index (κ3) is 4.09. The minimum absolute atomic E-state index is 0.0587. The average Bonchev–Trinajstić information content (AvgIpc) is 2.55. The van der Waals surface area contributed by atoms with Crippen molar-refractivity contribution in [1.82, 2.24) is 4.72 Å². The van der Waals surface area contributed by atoms with Crippen LogP contribution in [-0.4, -0.2) is 15.5 Å². The molecule has 1 atom stereocenters. The van der Waals surface area contributed by atoms with E-state index in [-0.39, 0.29) is 10.9 Å². The predicted octanol–water partition coefficient (Wildman–Crippen LogP) is 3.57. The van der Waals surface area contributed by atoms with Gasteiger partial charge in [0.05, 0.1) is 12.0 Å². The minimum Gasteiger partial charge on any atom is -0.497 e. The first-order valence-corrected chi connectivity index (χ1v) is 8.78. The monoisotopic (exact) mass is 337 g/mol. The van der Waals surface area contributed by atoms with Gasteiger partial charge in [-0.2, -0.15) is 0 Å². The molecule has 4 nitrogen and oxygen atoms in total. The maximum absolute atomic E-state index is 13.3. The Morgan fingerprint density at radius 3 is 2.35 bits per heavy atom. The van der Waals surface area contributed by atoms with Gasteiger partial charge in [0.1, 0.15) is 11.6 Å². The number of nitrogens with one attached hydrogen (secondary N) is 1. The second-order valence-corrected chi connectivity index (χ2v) is 6.98. The lowest BCUT2D eigenvalue weighted by molar-refractivity contribution is 0.414. The number of sulfonamides is 1. The molecule has 0 unspecified atom stereocenters. The Hall–Kier alpha value is -1.92. The molecule has 0 bridgehead atoms. The second-order valence-electron chi connectivity index (χ2n) is 5.27. The molecule has 2 rings (SSSR count). The lowest BCUT2D eigenvalue weighted by Gasteiger charge is -2.18. The van der Waals surface area contributed by atoms with E-state index in [1.54, 1.807) is 19.2 Å². The molecule has 0 radical (unpaired) electrons. The molecule has 0 saturated heterocycles. The Morgan fingerprint density at radius 1 is 1.17 bits per heavy atom. The van der Waals surface area contributed by atoms with Crippen LogP contribution in [-0.2, 0) is 10.0 Å². The first-order chi connectivity index (χ1) is 10.9. The number of aryl methyl sites for hydroxylation is 1. The van der Waals surface area contributed by atoms with Crippen LogP contribution in [0.15, 0.2) is 47.4 Å². The molecule has 0 aromatic heterocycles. The van der Waals surface area contributed by atoms with E-state index in [1.807, 2.05) is 19.1 Å². The summed E-state index contributed by atoms with van der Waals surface area (Å²) in [5.74, 6) is 0.284. The molecule has 0 aliphatic rings. The van der Waals surface area contributed by atoms with Gasteiger partial charge in [0.15, 0.2) is 0 Å². The van der Waals surface area contributed by atoms with Gasteiger partial charge in [-0.15, -0.1) is 0 Å². The number of halogens is 1. The Bertz CT molecular complexity index is 773. The van der Waals surface area contributed by atoms with Crippen LogP contribution < -0.4 is 9.46 Å². The number of methoxy groups -OCH3 is 1. The fraction of sp³-hybridized carbons (Fsp3) is 0.294. The normalized spacial score (nSPS) is 12.9. The molecule has 0 saturated carbocycles. The van der Waals surface area contributed by atoms with Crippen LogP contribution in [0.3, 0.4) is 0 Å². The van der Waals surface area contributed by atoms with E-state index in [0.717, 1.165) is 11.6 Å². The van der Waals surface area contributed by atoms with Crippen molar-refractivity contribution in [2.75, 3.05) is 7.11 Å². The number of hydrogen-bond acceptors (Lipinski definition) is 3. The third-order valence-corrected chi connectivity index (χ3v) is 5.13. The molecule has 0 aliphatic heterocycles. The van der Waals surface area contributed by atoms with Crippen molar-refractivity contribution in [3.63, 3.8) is 0 Å². The first kappa shape index (κ1) is 17.4. The summed E-state index contributed by atoms with van der Waals surface area (Å²) in [5.41, 5.74) is 1.14. The molecule has 0 amide bonds. The van der Waals surface area contributed by atoms with E-state index < -0.39 is 15.8 Å². The predicted molar refractivity (Wildman–Crippen MR) is 87.5 cm³/mol. The molecule has 0 fully saturated rings. The summed E-state index contributed by atoms with van der Waals surface area (Å²) < 4.78 is 46.1. The van der Waals surface area contributed by atoms with Crippen molar-refractivity contribution in [2.24, 2.45) is 0 Å². The molecule has 124 valence electrons. The Balaban J connectivity index is 2.26. The maximum atomic E-state index is 13.3. The zero-order chi connectivity index (χ0) is 17.0.